The second kappa shape index (κ2) is 15.0. The topological polar surface area (TPSA) is 188 Å². The van der Waals surface area contributed by atoms with Crippen molar-refractivity contribution in [2.24, 2.45) is 11.5 Å². The Hall–Kier alpha value is -5.07. The van der Waals surface area contributed by atoms with E-state index in [-0.39, 0.29) is 31.6 Å². The number of phenolic OH excluding ortho intramolecular Hbond substituents is 1. The molecule has 246 valence electrons. The van der Waals surface area contributed by atoms with Gasteiger partial charge in [0.05, 0.1) is 12.6 Å². The Bertz CT molecular complexity index is 1600. The number of benzene rings is 3. The fraction of sp³-hybridized carbons (Fsp3) is 0.343. The summed E-state index contributed by atoms with van der Waals surface area (Å²) in [5.74, 6) is -3.28. The second-order valence-corrected chi connectivity index (χ2v) is 11.9. The molecule has 2 saturated heterocycles. The lowest BCUT2D eigenvalue weighted by Gasteiger charge is -2.35. The number of phenols is 1. The number of carbonyl (C=O) groups is 5. The van der Waals surface area contributed by atoms with E-state index in [1.54, 1.807) is 24.3 Å². The van der Waals surface area contributed by atoms with Gasteiger partial charge in [0.2, 0.25) is 29.5 Å². The molecule has 47 heavy (non-hydrogen) atoms. The van der Waals surface area contributed by atoms with E-state index in [0.717, 1.165) is 16.0 Å². The van der Waals surface area contributed by atoms with Crippen LogP contribution in [0.4, 0.5) is 0 Å². The minimum atomic E-state index is -1.35. The van der Waals surface area contributed by atoms with Crippen LogP contribution in [0.5, 0.6) is 5.75 Å². The highest BCUT2D eigenvalue weighted by Gasteiger charge is 2.43. The van der Waals surface area contributed by atoms with Gasteiger partial charge >= 0.3 is 0 Å². The summed E-state index contributed by atoms with van der Waals surface area (Å²) in [5, 5.41) is 15.1. The zero-order valence-corrected chi connectivity index (χ0v) is 26.0. The first-order chi connectivity index (χ1) is 22.7. The minimum absolute atomic E-state index is 0.0138. The van der Waals surface area contributed by atoms with Gasteiger partial charge in [-0.15, -0.1) is 0 Å². The van der Waals surface area contributed by atoms with E-state index in [4.69, 9.17) is 11.5 Å². The molecule has 0 saturated carbocycles. The van der Waals surface area contributed by atoms with Crippen LogP contribution in [0.15, 0.2) is 78.9 Å². The average Bonchev–Trinajstić information content (AvgIpc) is 3.58. The predicted molar refractivity (Wildman–Crippen MR) is 174 cm³/mol. The van der Waals surface area contributed by atoms with Crippen LogP contribution in [0.2, 0.25) is 0 Å². The number of carbonyl (C=O) groups excluding carboxylic acids is 5. The van der Waals surface area contributed by atoms with Gasteiger partial charge < -0.3 is 32.1 Å². The SMILES string of the molecule is NCCC[C@@H]1C(=O)N[C@@H](c2ccc(-c3ccccc3)cc2)C(=O)N2CCC[C@@H]2C(=O)NCC(=O)N1C(=O)[C@@H](N)Cc1ccc(O)cc1. The number of imide groups is 1. The molecule has 3 aromatic carbocycles. The Kier molecular flexibility index (Phi) is 10.6. The van der Waals surface area contributed by atoms with E-state index in [2.05, 4.69) is 10.6 Å². The fourth-order valence-electron chi connectivity index (χ4n) is 6.15. The molecule has 2 aliphatic rings. The Labute approximate surface area is 273 Å². The van der Waals surface area contributed by atoms with E-state index in [9.17, 15) is 29.1 Å². The van der Waals surface area contributed by atoms with Crippen LogP contribution in [-0.4, -0.2) is 82.2 Å². The number of nitrogens with zero attached hydrogens (tertiary/aromatic N) is 2. The van der Waals surface area contributed by atoms with Crippen LogP contribution in [0.1, 0.15) is 42.9 Å². The quantitative estimate of drug-likeness (QED) is 0.244. The van der Waals surface area contributed by atoms with Gasteiger partial charge in [0.1, 0.15) is 23.9 Å². The minimum Gasteiger partial charge on any atom is -0.508 e. The van der Waals surface area contributed by atoms with E-state index >= 15 is 0 Å². The normalized spacial score (nSPS) is 21.3. The van der Waals surface area contributed by atoms with Gasteiger partial charge in [-0.3, -0.25) is 28.9 Å². The largest absolute Gasteiger partial charge is 0.508 e. The summed E-state index contributed by atoms with van der Waals surface area (Å²) in [6.07, 6.45) is 1.28. The number of rotatable bonds is 8. The Morgan fingerprint density at radius 2 is 1.60 bits per heavy atom. The van der Waals surface area contributed by atoms with Gasteiger partial charge in [0.15, 0.2) is 0 Å². The number of fused-ring (bicyclic) bond motifs is 1. The van der Waals surface area contributed by atoms with Crippen molar-refractivity contribution < 1.29 is 29.1 Å². The average molecular weight is 641 g/mol. The summed E-state index contributed by atoms with van der Waals surface area (Å²) in [5.41, 5.74) is 15.1. The van der Waals surface area contributed by atoms with Crippen LogP contribution in [0, 0.1) is 0 Å². The van der Waals surface area contributed by atoms with Crippen molar-refractivity contribution in [2.75, 3.05) is 19.6 Å². The van der Waals surface area contributed by atoms with E-state index in [1.807, 2.05) is 42.5 Å². The molecule has 2 aliphatic heterocycles. The molecule has 0 unspecified atom stereocenters. The molecule has 0 radical (unpaired) electrons. The maximum Gasteiger partial charge on any atom is 0.250 e. The Balaban J connectivity index is 1.51. The van der Waals surface area contributed by atoms with Crippen LogP contribution in [0.3, 0.4) is 0 Å². The highest BCUT2D eigenvalue weighted by atomic mass is 16.3. The lowest BCUT2D eigenvalue weighted by atomic mass is 9.98. The molecule has 0 spiro atoms. The number of nitrogens with two attached hydrogens (primary N) is 2. The smallest absolute Gasteiger partial charge is 0.250 e. The van der Waals surface area contributed by atoms with Crippen molar-refractivity contribution in [2.45, 2.75) is 56.3 Å². The number of hydrogen-bond donors (Lipinski definition) is 5. The maximum atomic E-state index is 14.2. The third-order valence-electron chi connectivity index (χ3n) is 8.65. The molecule has 0 aliphatic carbocycles. The predicted octanol–water partition coefficient (Wildman–Crippen LogP) is 1.37. The zero-order valence-electron chi connectivity index (χ0n) is 26.0. The van der Waals surface area contributed by atoms with E-state index < -0.39 is 60.2 Å². The van der Waals surface area contributed by atoms with Crippen molar-refractivity contribution in [3.05, 3.63) is 90.0 Å². The summed E-state index contributed by atoms with van der Waals surface area (Å²) >= 11 is 0. The van der Waals surface area contributed by atoms with Gasteiger partial charge in [-0.1, -0.05) is 66.7 Å². The molecule has 5 rings (SSSR count). The van der Waals surface area contributed by atoms with E-state index in [1.165, 1.54) is 17.0 Å². The van der Waals surface area contributed by atoms with Crippen LogP contribution < -0.4 is 22.1 Å². The van der Waals surface area contributed by atoms with Gasteiger partial charge in [-0.2, -0.15) is 0 Å². The molecule has 12 heteroatoms. The second-order valence-electron chi connectivity index (χ2n) is 11.9. The highest BCUT2D eigenvalue weighted by molar-refractivity contribution is 6.05. The standard InChI is InChI=1S/C35H40N6O6/c36-18-4-8-29-33(45)39-31(25-14-12-24(13-15-25)23-6-2-1-3-7-23)35(47)40-19-5-9-28(40)32(44)38-21-30(43)41(29)34(46)27(37)20-22-10-16-26(42)17-11-22/h1-3,6-7,10-17,27-29,31,42H,4-5,8-9,18-21,36-37H2,(H,38,44)(H,39,45)/t27-,28+,29+,31-/m0/s1. The number of amides is 5. The van der Waals surface area contributed by atoms with Crippen molar-refractivity contribution in [3.63, 3.8) is 0 Å². The van der Waals surface area contributed by atoms with Gasteiger partial charge in [0, 0.05) is 6.54 Å². The van der Waals surface area contributed by atoms with Gasteiger partial charge in [-0.05, 0) is 73.0 Å². The van der Waals surface area contributed by atoms with Gasteiger partial charge in [-0.25, -0.2) is 0 Å². The third-order valence-corrected chi connectivity index (χ3v) is 8.65. The van der Waals surface area contributed by atoms with Crippen molar-refractivity contribution in [1.82, 2.24) is 20.4 Å². The number of nitrogens with one attached hydrogen (secondary N) is 2. The Morgan fingerprint density at radius 3 is 2.28 bits per heavy atom. The van der Waals surface area contributed by atoms with E-state index in [0.29, 0.717) is 30.5 Å². The lowest BCUT2D eigenvalue weighted by molar-refractivity contribution is -0.154. The first-order valence-corrected chi connectivity index (χ1v) is 15.8. The van der Waals surface area contributed by atoms with Gasteiger partial charge in [0.25, 0.3) is 0 Å². The number of aromatic hydroxyl groups is 1. The first kappa shape index (κ1) is 33.3. The summed E-state index contributed by atoms with van der Waals surface area (Å²) in [7, 11) is 0. The first-order valence-electron chi connectivity index (χ1n) is 15.8. The van der Waals surface area contributed by atoms with Crippen molar-refractivity contribution in [1.29, 1.82) is 0 Å². The number of hydrogen-bond acceptors (Lipinski definition) is 8. The fourth-order valence-corrected chi connectivity index (χ4v) is 6.15. The molecule has 2 fully saturated rings. The zero-order chi connectivity index (χ0) is 33.5. The third kappa shape index (κ3) is 7.67. The Morgan fingerprint density at radius 1 is 0.915 bits per heavy atom. The molecule has 0 aromatic heterocycles. The molecule has 0 bridgehead atoms. The maximum absolute atomic E-state index is 14.2. The molecule has 12 nitrogen and oxygen atoms in total. The summed E-state index contributed by atoms with van der Waals surface area (Å²) in [6, 6.07) is 18.4. The monoisotopic (exact) mass is 640 g/mol. The highest BCUT2D eigenvalue weighted by Crippen LogP contribution is 2.27. The van der Waals surface area contributed by atoms with Crippen molar-refractivity contribution >= 4 is 29.5 Å². The molecule has 2 heterocycles. The molecular formula is C35H40N6O6. The molecule has 5 amide bonds. The summed E-state index contributed by atoms with van der Waals surface area (Å²) in [6.45, 7) is -0.0759. The molecule has 3 aromatic rings. The summed E-state index contributed by atoms with van der Waals surface area (Å²) in [4.78, 5) is 71.5. The van der Waals surface area contributed by atoms with Crippen LogP contribution >= 0.6 is 0 Å². The van der Waals surface area contributed by atoms with Crippen LogP contribution in [0.25, 0.3) is 11.1 Å². The lowest BCUT2D eigenvalue weighted by Crippen LogP contribution is -2.61. The van der Waals surface area contributed by atoms with Crippen molar-refractivity contribution in [3.8, 4) is 16.9 Å². The summed E-state index contributed by atoms with van der Waals surface area (Å²) < 4.78 is 0. The molecular weight excluding hydrogens is 600 g/mol. The molecule has 7 N–H and O–H groups in total. The van der Waals surface area contributed by atoms with Crippen LogP contribution in [-0.2, 0) is 30.4 Å². The molecule has 4 atom stereocenters.